The van der Waals surface area contributed by atoms with E-state index in [0.717, 1.165) is 0 Å². The summed E-state index contributed by atoms with van der Waals surface area (Å²) >= 11 is 0. The molecule has 0 aliphatic heterocycles. The van der Waals surface area contributed by atoms with Gasteiger partial charge >= 0.3 is 12.1 Å². The molecule has 0 saturated carbocycles. The van der Waals surface area contributed by atoms with Crippen LogP contribution in [0.2, 0.25) is 0 Å². The van der Waals surface area contributed by atoms with Crippen molar-refractivity contribution in [3.8, 4) is 0 Å². The minimum atomic E-state index is -5.71. The summed E-state index contributed by atoms with van der Waals surface area (Å²) in [5.74, 6) is -6.38. The largest absolute Gasteiger partial charge is 0.478 e. The Morgan fingerprint density at radius 1 is 1.18 bits per heavy atom. The van der Waals surface area contributed by atoms with Crippen molar-refractivity contribution in [3.05, 3.63) is 12.2 Å². The van der Waals surface area contributed by atoms with Crippen molar-refractivity contribution in [1.29, 1.82) is 0 Å². The van der Waals surface area contributed by atoms with Gasteiger partial charge in [0.15, 0.2) is 0 Å². The van der Waals surface area contributed by atoms with E-state index >= 15 is 0 Å². The smallest absolute Gasteiger partial charge is 0.425 e. The first-order valence-corrected chi connectivity index (χ1v) is 4.33. The summed E-state index contributed by atoms with van der Waals surface area (Å²) in [4.78, 5) is 10.1. The molecule has 0 aliphatic carbocycles. The minimum Gasteiger partial charge on any atom is -0.478 e. The summed E-state index contributed by atoms with van der Waals surface area (Å²) in [6.45, 7) is 1.23. The molecule has 0 radical (unpaired) electrons. The first-order valence-electron chi connectivity index (χ1n) is 4.33. The van der Waals surface area contributed by atoms with Crippen LogP contribution in [0.3, 0.4) is 0 Å². The first kappa shape index (κ1) is 15.8. The molecular weight excluding hydrogens is 254 g/mol. The molecular formula is C9H10F6O2. The zero-order valence-corrected chi connectivity index (χ0v) is 8.86. The molecule has 8 heteroatoms. The van der Waals surface area contributed by atoms with Crippen molar-refractivity contribution in [1.82, 2.24) is 0 Å². The summed E-state index contributed by atoms with van der Waals surface area (Å²) in [7, 11) is 0. The van der Waals surface area contributed by atoms with E-state index in [1.165, 1.54) is 0 Å². The maximum atomic E-state index is 13.2. The SMILES string of the molecule is CC(C)(C=CC(=O)O)C(F)(F)C(F)C(F)(F)F. The molecule has 0 heterocycles. The fraction of sp³-hybridized carbons (Fsp3) is 0.667. The highest BCUT2D eigenvalue weighted by Gasteiger charge is 2.62. The second-order valence-corrected chi connectivity index (χ2v) is 3.92. The van der Waals surface area contributed by atoms with Crippen molar-refractivity contribution in [2.24, 2.45) is 5.41 Å². The van der Waals surface area contributed by atoms with E-state index in [4.69, 9.17) is 5.11 Å². The van der Waals surface area contributed by atoms with Crippen molar-refractivity contribution in [2.75, 3.05) is 0 Å². The maximum Gasteiger partial charge on any atom is 0.425 e. The van der Waals surface area contributed by atoms with Gasteiger partial charge in [-0.2, -0.15) is 13.2 Å². The predicted octanol–water partition coefficient (Wildman–Crippen LogP) is 3.19. The van der Waals surface area contributed by atoms with Crippen LogP contribution >= 0.6 is 0 Å². The highest BCUT2D eigenvalue weighted by Crippen LogP contribution is 2.46. The number of carboxylic acids is 1. The van der Waals surface area contributed by atoms with Crippen LogP contribution in [0.15, 0.2) is 12.2 Å². The number of alkyl halides is 6. The van der Waals surface area contributed by atoms with Crippen LogP contribution in [-0.4, -0.2) is 29.3 Å². The second-order valence-electron chi connectivity index (χ2n) is 3.92. The Labute approximate surface area is 92.9 Å². The van der Waals surface area contributed by atoms with E-state index in [-0.39, 0.29) is 6.08 Å². The molecule has 0 fully saturated rings. The van der Waals surface area contributed by atoms with Crippen LogP contribution in [0.4, 0.5) is 26.3 Å². The highest BCUT2D eigenvalue weighted by atomic mass is 19.4. The average molecular weight is 264 g/mol. The predicted molar refractivity (Wildman–Crippen MR) is 46.5 cm³/mol. The van der Waals surface area contributed by atoms with Crippen LogP contribution in [0.5, 0.6) is 0 Å². The van der Waals surface area contributed by atoms with Crippen molar-refractivity contribution >= 4 is 5.97 Å². The Balaban J connectivity index is 5.22. The van der Waals surface area contributed by atoms with E-state index in [2.05, 4.69) is 0 Å². The molecule has 1 atom stereocenters. The summed E-state index contributed by atoms with van der Waals surface area (Å²) in [5, 5.41) is 8.19. The van der Waals surface area contributed by atoms with Gasteiger partial charge in [-0.3, -0.25) is 0 Å². The summed E-state index contributed by atoms with van der Waals surface area (Å²) in [6.07, 6.45) is -9.49. The molecule has 0 aromatic heterocycles. The number of hydrogen-bond acceptors (Lipinski definition) is 1. The molecule has 17 heavy (non-hydrogen) atoms. The summed E-state index contributed by atoms with van der Waals surface area (Å²) in [6, 6.07) is 0. The van der Waals surface area contributed by atoms with Gasteiger partial charge in [0.05, 0.1) is 5.41 Å². The van der Waals surface area contributed by atoms with Crippen LogP contribution in [0.1, 0.15) is 13.8 Å². The Kier molecular flexibility index (Phi) is 4.25. The fourth-order valence-electron chi connectivity index (χ4n) is 0.923. The Hall–Kier alpha value is -1.21. The zero-order chi connectivity index (χ0) is 14.1. The third kappa shape index (κ3) is 3.64. The van der Waals surface area contributed by atoms with Crippen LogP contribution in [-0.2, 0) is 4.79 Å². The quantitative estimate of drug-likeness (QED) is 0.625. The molecule has 0 spiro atoms. The van der Waals surface area contributed by atoms with Crippen molar-refractivity contribution < 1.29 is 36.2 Å². The summed E-state index contributed by atoms with van der Waals surface area (Å²) in [5.41, 5.74) is -2.58. The Morgan fingerprint density at radius 2 is 1.59 bits per heavy atom. The molecule has 0 aromatic rings. The number of rotatable bonds is 4. The normalized spacial score (nSPS) is 16.2. The lowest BCUT2D eigenvalue weighted by Gasteiger charge is -2.34. The van der Waals surface area contributed by atoms with E-state index in [1.807, 2.05) is 0 Å². The third-order valence-electron chi connectivity index (χ3n) is 2.11. The lowest BCUT2D eigenvalue weighted by molar-refractivity contribution is -0.265. The lowest BCUT2D eigenvalue weighted by atomic mass is 9.82. The summed E-state index contributed by atoms with van der Waals surface area (Å²) < 4.78 is 74.7. The van der Waals surface area contributed by atoms with Crippen LogP contribution in [0, 0.1) is 5.41 Å². The van der Waals surface area contributed by atoms with Gasteiger partial charge in [-0.05, 0) is 0 Å². The topological polar surface area (TPSA) is 37.3 Å². The molecule has 0 saturated heterocycles. The molecule has 100 valence electrons. The monoisotopic (exact) mass is 264 g/mol. The molecule has 0 aromatic carbocycles. The van der Waals surface area contributed by atoms with E-state index in [0.29, 0.717) is 19.9 Å². The first-order chi connectivity index (χ1) is 7.32. The molecule has 2 nitrogen and oxygen atoms in total. The van der Waals surface area contributed by atoms with Crippen LogP contribution in [0.25, 0.3) is 0 Å². The molecule has 0 bridgehead atoms. The number of allylic oxidation sites excluding steroid dienone is 1. The molecule has 0 amide bonds. The molecule has 0 rings (SSSR count). The van der Waals surface area contributed by atoms with Gasteiger partial charge in [0, 0.05) is 6.08 Å². The van der Waals surface area contributed by atoms with Gasteiger partial charge in [0.25, 0.3) is 12.1 Å². The number of hydrogen-bond donors (Lipinski definition) is 1. The van der Waals surface area contributed by atoms with Crippen LogP contribution < -0.4 is 0 Å². The van der Waals surface area contributed by atoms with Gasteiger partial charge in [-0.15, -0.1) is 0 Å². The van der Waals surface area contributed by atoms with E-state index in [9.17, 15) is 31.1 Å². The average Bonchev–Trinajstić information content (AvgIpc) is 2.11. The van der Waals surface area contributed by atoms with Gasteiger partial charge in [0.1, 0.15) is 0 Å². The molecule has 1 unspecified atom stereocenters. The van der Waals surface area contributed by atoms with Gasteiger partial charge in [-0.25, -0.2) is 18.0 Å². The van der Waals surface area contributed by atoms with Gasteiger partial charge in [-0.1, -0.05) is 19.9 Å². The van der Waals surface area contributed by atoms with Crippen molar-refractivity contribution in [3.63, 3.8) is 0 Å². The fourth-order valence-corrected chi connectivity index (χ4v) is 0.923. The van der Waals surface area contributed by atoms with Crippen molar-refractivity contribution in [2.45, 2.75) is 32.1 Å². The minimum absolute atomic E-state index is 0.247. The number of halogens is 6. The van der Waals surface area contributed by atoms with Gasteiger partial charge < -0.3 is 5.11 Å². The second kappa shape index (κ2) is 4.58. The molecule has 0 aliphatic rings. The van der Waals surface area contributed by atoms with E-state index in [1.54, 1.807) is 0 Å². The number of carboxylic acid groups (broad SMARTS) is 1. The lowest BCUT2D eigenvalue weighted by Crippen LogP contribution is -2.50. The third-order valence-corrected chi connectivity index (χ3v) is 2.11. The maximum absolute atomic E-state index is 13.2. The standard InChI is InChI=1S/C9H10F6O2/c1-7(2,4-3-5(16)17)8(11,12)6(10)9(13,14)15/h3-4,6H,1-2H3,(H,16,17). The number of carbonyl (C=O) groups is 1. The Bertz CT molecular complexity index is 318. The zero-order valence-electron chi connectivity index (χ0n) is 8.86. The number of aliphatic carboxylic acids is 1. The Morgan fingerprint density at radius 3 is 1.88 bits per heavy atom. The highest BCUT2D eigenvalue weighted by molar-refractivity contribution is 5.79. The van der Waals surface area contributed by atoms with Gasteiger partial charge in [0.2, 0.25) is 0 Å². The molecule has 1 N–H and O–H groups in total. The van der Waals surface area contributed by atoms with E-state index < -0.39 is 29.7 Å².